The van der Waals surface area contributed by atoms with Crippen molar-refractivity contribution < 1.29 is 18.1 Å². The monoisotopic (exact) mass is 911 g/mol. The molecule has 7 aromatic rings. The number of benzene rings is 4. The van der Waals surface area contributed by atoms with Crippen LogP contribution in [0.4, 0.5) is 56.3 Å². The SMILES string of the molecule is CCN(CC)c1ccc(N=Nc2nc3cccc(C)c3s2)c(Nc2nc(Nc3cc(N(CC)CC)ccc3N=Nc3nc4ccc(S(=O)(=O)O)c(C)c4s3)nc(SCCO)n2)c1. The average Bonchev–Trinajstić information content (AvgIpc) is 3.88. The number of aryl methyl sites for hydroxylation is 2. The van der Waals surface area contributed by atoms with Crippen molar-refractivity contribution in [2.45, 2.75) is 51.6 Å². The van der Waals surface area contributed by atoms with Crippen molar-refractivity contribution in [2.75, 3.05) is 59.0 Å². The highest BCUT2D eigenvalue weighted by Gasteiger charge is 2.19. The number of hydrogen-bond donors (Lipinski definition) is 4. The third-order valence-corrected chi connectivity index (χ3v) is 13.7. The summed E-state index contributed by atoms with van der Waals surface area (Å²) in [5, 5.41) is 35.8. The Balaban J connectivity index is 1.26. The summed E-state index contributed by atoms with van der Waals surface area (Å²) in [7, 11) is -4.42. The molecule has 17 nitrogen and oxygen atoms in total. The van der Waals surface area contributed by atoms with E-state index in [1.165, 1.54) is 35.2 Å². The summed E-state index contributed by atoms with van der Waals surface area (Å²) in [5.74, 6) is 0.785. The molecule has 0 radical (unpaired) electrons. The summed E-state index contributed by atoms with van der Waals surface area (Å²) in [5.41, 5.74) is 6.95. The summed E-state index contributed by atoms with van der Waals surface area (Å²) < 4.78 is 35.2. The van der Waals surface area contributed by atoms with Gasteiger partial charge in [0.15, 0.2) is 5.16 Å². The average molecular weight is 912 g/mol. The highest BCUT2D eigenvalue weighted by molar-refractivity contribution is 7.99. The van der Waals surface area contributed by atoms with Crippen LogP contribution in [-0.4, -0.2) is 81.5 Å². The van der Waals surface area contributed by atoms with Crippen molar-refractivity contribution >= 4 is 121 Å². The van der Waals surface area contributed by atoms with E-state index in [1.807, 2.05) is 61.5 Å². The lowest BCUT2D eigenvalue weighted by molar-refractivity contribution is 0.322. The standard InChI is InChI=1S/C41H45N13O4S4/c1-7-53(8-2)26-14-16-28(49-51-40-44-30-13-11-12-24(5)35(30)60-40)32(22-26)42-37-46-38(48-39(47-37)59-21-20-55)43-33-23-27(54(9-3)10-4)15-17-29(33)50-52-41-45-31-18-19-34(62(56,57)58)25(6)36(31)61-41/h11-19,22-23,55H,7-10,20-21H2,1-6H3,(H,56,57,58)(H2,42,43,46,47,48). The molecule has 0 spiro atoms. The van der Waals surface area contributed by atoms with Gasteiger partial charge in [0, 0.05) is 43.3 Å². The second kappa shape index (κ2) is 19.6. The number of anilines is 6. The lowest BCUT2D eigenvalue weighted by Gasteiger charge is -2.22. The Morgan fingerprint density at radius 2 is 1.21 bits per heavy atom. The van der Waals surface area contributed by atoms with Crippen molar-refractivity contribution in [1.29, 1.82) is 0 Å². The molecule has 3 aromatic heterocycles. The van der Waals surface area contributed by atoms with E-state index in [0.29, 0.717) is 59.7 Å². The smallest absolute Gasteiger partial charge is 0.294 e. The van der Waals surface area contributed by atoms with Gasteiger partial charge in [-0.2, -0.15) is 23.4 Å². The summed E-state index contributed by atoms with van der Waals surface area (Å²) in [6.45, 7) is 15.0. The number of aliphatic hydroxyl groups is 1. The topological polar surface area (TPSA) is 219 Å². The molecule has 0 fully saturated rings. The van der Waals surface area contributed by atoms with Gasteiger partial charge in [-0.15, -0.1) is 20.5 Å². The third kappa shape index (κ3) is 10.1. The number of aliphatic hydroxyl groups excluding tert-OH is 1. The van der Waals surface area contributed by atoms with E-state index in [4.69, 9.17) is 15.0 Å². The molecular formula is C41H45N13O4S4. The van der Waals surface area contributed by atoms with E-state index in [-0.39, 0.29) is 23.4 Å². The van der Waals surface area contributed by atoms with E-state index in [1.54, 1.807) is 6.92 Å². The normalized spacial score (nSPS) is 12.0. The zero-order chi connectivity index (χ0) is 44.0. The van der Waals surface area contributed by atoms with Crippen molar-refractivity contribution in [3.8, 4) is 0 Å². The van der Waals surface area contributed by atoms with Gasteiger partial charge in [-0.3, -0.25) is 4.55 Å². The lowest BCUT2D eigenvalue weighted by Crippen LogP contribution is -2.21. The van der Waals surface area contributed by atoms with Crippen LogP contribution in [0.15, 0.2) is 97.2 Å². The number of azo groups is 2. The number of fused-ring (bicyclic) bond motifs is 2. The summed E-state index contributed by atoms with van der Waals surface area (Å²) >= 11 is 3.91. The summed E-state index contributed by atoms with van der Waals surface area (Å²) in [4.78, 5) is 27.6. The number of nitrogens with zero attached hydrogens (tertiary/aromatic N) is 11. The molecule has 4 N–H and O–H groups in total. The van der Waals surface area contributed by atoms with E-state index in [0.717, 1.165) is 64.7 Å². The van der Waals surface area contributed by atoms with Crippen LogP contribution in [0, 0.1) is 13.8 Å². The Morgan fingerprint density at radius 1 is 0.677 bits per heavy atom. The van der Waals surface area contributed by atoms with Crippen LogP contribution in [0.1, 0.15) is 38.8 Å². The Bertz CT molecular complexity index is 2890. The molecule has 4 aromatic carbocycles. The number of thioether (sulfide) groups is 1. The fourth-order valence-corrected chi connectivity index (χ4v) is 9.75. The summed E-state index contributed by atoms with van der Waals surface area (Å²) in [6, 6.07) is 20.4. The zero-order valence-corrected chi connectivity index (χ0v) is 38.1. The number of hydrogen-bond acceptors (Lipinski definition) is 19. The summed E-state index contributed by atoms with van der Waals surface area (Å²) in [6.07, 6.45) is 0. The molecule has 3 heterocycles. The van der Waals surface area contributed by atoms with Crippen LogP contribution in [-0.2, 0) is 10.1 Å². The molecule has 0 saturated carbocycles. The van der Waals surface area contributed by atoms with E-state index >= 15 is 0 Å². The van der Waals surface area contributed by atoms with Gasteiger partial charge in [0.05, 0.1) is 43.3 Å². The molecule has 0 aliphatic carbocycles. The fourth-order valence-electron chi connectivity index (χ4n) is 6.63. The van der Waals surface area contributed by atoms with Gasteiger partial charge in [0.1, 0.15) is 11.4 Å². The number of aromatic nitrogens is 5. The molecule has 322 valence electrons. The quantitative estimate of drug-likeness (QED) is 0.0358. The van der Waals surface area contributed by atoms with Crippen molar-refractivity contribution in [2.24, 2.45) is 20.5 Å². The number of thiazole rings is 2. The molecular weight excluding hydrogens is 867 g/mol. The third-order valence-electron chi connectivity index (χ3n) is 9.76. The number of rotatable bonds is 18. The second-order valence-electron chi connectivity index (χ2n) is 13.7. The minimum atomic E-state index is -4.42. The van der Waals surface area contributed by atoms with Gasteiger partial charge >= 0.3 is 0 Å². The van der Waals surface area contributed by atoms with Gasteiger partial charge in [-0.1, -0.05) is 46.6 Å². The number of nitrogens with one attached hydrogen (secondary N) is 2. The van der Waals surface area contributed by atoms with Crippen molar-refractivity contribution in [3.05, 3.63) is 77.9 Å². The predicted octanol–water partition coefficient (Wildman–Crippen LogP) is 11.0. The first-order chi connectivity index (χ1) is 29.9. The van der Waals surface area contributed by atoms with Gasteiger partial charge in [0.25, 0.3) is 10.1 Å². The molecule has 0 amide bonds. The van der Waals surface area contributed by atoms with Gasteiger partial charge in [-0.25, -0.2) is 9.97 Å². The van der Waals surface area contributed by atoms with E-state index < -0.39 is 10.1 Å². The van der Waals surface area contributed by atoms with Crippen LogP contribution in [0.5, 0.6) is 0 Å². The highest BCUT2D eigenvalue weighted by atomic mass is 32.2. The minimum absolute atomic E-state index is 0.0809. The highest BCUT2D eigenvalue weighted by Crippen LogP contribution is 2.39. The maximum Gasteiger partial charge on any atom is 0.294 e. The van der Waals surface area contributed by atoms with Crippen LogP contribution < -0.4 is 20.4 Å². The fraction of sp³-hybridized carbons (Fsp3) is 0.293. The maximum atomic E-state index is 11.9. The predicted molar refractivity (Wildman–Crippen MR) is 251 cm³/mol. The molecule has 7 rings (SSSR count). The van der Waals surface area contributed by atoms with Crippen LogP contribution in [0.3, 0.4) is 0 Å². The molecule has 62 heavy (non-hydrogen) atoms. The van der Waals surface area contributed by atoms with Crippen molar-refractivity contribution in [3.63, 3.8) is 0 Å². The lowest BCUT2D eigenvalue weighted by atomic mass is 10.2. The van der Waals surface area contributed by atoms with Gasteiger partial charge in [-0.05, 0) is 107 Å². The molecule has 0 unspecified atom stereocenters. The molecule has 0 aliphatic rings. The van der Waals surface area contributed by atoms with Crippen LogP contribution in [0.25, 0.3) is 20.4 Å². The Kier molecular flexibility index (Phi) is 14.0. The van der Waals surface area contributed by atoms with Gasteiger partial charge in [0.2, 0.25) is 22.2 Å². The molecule has 0 atom stereocenters. The molecule has 0 aliphatic heterocycles. The van der Waals surface area contributed by atoms with E-state index in [9.17, 15) is 18.1 Å². The molecule has 0 saturated heterocycles. The second-order valence-corrected chi connectivity index (χ2v) is 18.1. The maximum absolute atomic E-state index is 11.9. The minimum Gasteiger partial charge on any atom is -0.396 e. The van der Waals surface area contributed by atoms with Crippen LogP contribution in [0.2, 0.25) is 0 Å². The Morgan fingerprint density at radius 3 is 1.71 bits per heavy atom. The first-order valence-electron chi connectivity index (χ1n) is 19.8. The van der Waals surface area contributed by atoms with E-state index in [2.05, 4.69) is 78.6 Å². The van der Waals surface area contributed by atoms with Crippen molar-refractivity contribution in [1.82, 2.24) is 24.9 Å². The molecule has 0 bridgehead atoms. The Labute approximate surface area is 371 Å². The first-order valence-corrected chi connectivity index (χ1v) is 23.9. The van der Waals surface area contributed by atoms with Crippen LogP contribution >= 0.6 is 34.4 Å². The largest absolute Gasteiger partial charge is 0.396 e. The first kappa shape index (κ1) is 44.3. The Hall–Kier alpha value is -5.71. The molecule has 21 heteroatoms. The zero-order valence-electron chi connectivity index (χ0n) is 34.9. The van der Waals surface area contributed by atoms with Gasteiger partial charge < -0.3 is 25.5 Å².